The first kappa shape index (κ1) is 15.5. The van der Waals surface area contributed by atoms with Gasteiger partial charge in [-0.15, -0.1) is 0 Å². The van der Waals surface area contributed by atoms with Gasteiger partial charge in [0.05, 0.1) is 0 Å². The first-order chi connectivity index (χ1) is 7.10. The summed E-state index contributed by atoms with van der Waals surface area (Å²) < 4.78 is 0. The van der Waals surface area contributed by atoms with Gasteiger partial charge in [0.15, 0.2) is 0 Å². The predicted molar refractivity (Wildman–Crippen MR) is 60.5 cm³/mol. The highest BCUT2D eigenvalue weighted by atomic mass is 16.1. The lowest BCUT2D eigenvalue weighted by atomic mass is 10.4. The molecule has 15 heavy (non-hydrogen) atoms. The van der Waals surface area contributed by atoms with Gasteiger partial charge in [0.25, 0.3) is 0 Å². The standard InChI is InChI=1S/C4H9.C3H6N6.CH2O/c1-3-4-2;4-1-7-2(5)9-3(6)8-1;1-2/h1,3-4H2,2H3;(H6,4,5,6,7,8,9);1H2. The van der Waals surface area contributed by atoms with E-state index in [0.29, 0.717) is 0 Å². The largest absolute Gasteiger partial charge is 0.368 e. The van der Waals surface area contributed by atoms with Gasteiger partial charge in [-0.25, -0.2) is 0 Å². The monoisotopic (exact) mass is 213 g/mol. The Morgan fingerprint density at radius 2 is 1.20 bits per heavy atom. The fourth-order valence-corrected chi connectivity index (χ4v) is 0.427. The number of aromatic nitrogens is 3. The van der Waals surface area contributed by atoms with Crippen LogP contribution in [0, 0.1) is 6.92 Å². The average Bonchev–Trinajstić information content (AvgIpc) is 2.19. The van der Waals surface area contributed by atoms with Crippen LogP contribution in [0.4, 0.5) is 17.8 Å². The molecule has 85 valence electrons. The smallest absolute Gasteiger partial charge is 0.226 e. The van der Waals surface area contributed by atoms with Gasteiger partial charge in [-0.2, -0.15) is 15.0 Å². The number of nitrogen functional groups attached to an aromatic ring is 3. The fourth-order valence-electron chi connectivity index (χ4n) is 0.427. The fraction of sp³-hybridized carbons (Fsp3) is 0.375. The van der Waals surface area contributed by atoms with E-state index in [2.05, 4.69) is 28.8 Å². The highest BCUT2D eigenvalue weighted by molar-refractivity contribution is 5.33. The van der Waals surface area contributed by atoms with E-state index in [-0.39, 0.29) is 17.8 Å². The van der Waals surface area contributed by atoms with E-state index in [9.17, 15) is 0 Å². The summed E-state index contributed by atoms with van der Waals surface area (Å²) in [6.07, 6.45) is 2.28. The molecule has 0 aromatic carbocycles. The molecule has 7 heteroatoms. The van der Waals surface area contributed by atoms with Crippen molar-refractivity contribution in [1.82, 2.24) is 15.0 Å². The van der Waals surface area contributed by atoms with E-state index in [1.807, 2.05) is 6.79 Å². The number of hydrogen-bond donors (Lipinski definition) is 3. The van der Waals surface area contributed by atoms with Crippen LogP contribution in [0.5, 0.6) is 0 Å². The number of unbranched alkanes of at least 4 members (excludes halogenated alkanes) is 1. The van der Waals surface area contributed by atoms with Crippen molar-refractivity contribution < 1.29 is 4.79 Å². The van der Waals surface area contributed by atoms with Crippen molar-refractivity contribution in [1.29, 1.82) is 0 Å². The van der Waals surface area contributed by atoms with Crippen molar-refractivity contribution in [2.45, 2.75) is 19.8 Å². The number of carbonyl (C=O) groups is 1. The molecule has 0 spiro atoms. The van der Waals surface area contributed by atoms with E-state index < -0.39 is 0 Å². The Bertz CT molecular complexity index is 215. The van der Waals surface area contributed by atoms with Crippen molar-refractivity contribution in [3.05, 3.63) is 6.92 Å². The van der Waals surface area contributed by atoms with Crippen LogP contribution in [-0.4, -0.2) is 21.7 Å². The summed E-state index contributed by atoms with van der Waals surface area (Å²) in [6, 6.07) is 0. The molecule has 1 aromatic rings. The average molecular weight is 213 g/mol. The predicted octanol–water partition coefficient (Wildman–Crippen LogP) is 0.0539. The van der Waals surface area contributed by atoms with Crippen molar-refractivity contribution in [3.8, 4) is 0 Å². The zero-order chi connectivity index (χ0) is 12.3. The Labute approximate surface area is 89.1 Å². The summed E-state index contributed by atoms with van der Waals surface area (Å²) in [6.45, 7) is 7.72. The zero-order valence-corrected chi connectivity index (χ0v) is 8.81. The molecule has 1 aromatic heterocycles. The van der Waals surface area contributed by atoms with Gasteiger partial charge in [0.2, 0.25) is 17.8 Å². The molecule has 7 nitrogen and oxygen atoms in total. The number of anilines is 3. The molecule has 1 radical (unpaired) electrons. The molecule has 1 heterocycles. The second kappa shape index (κ2) is 10.2. The SMILES string of the molecule is C=O.Nc1nc(N)nc(N)n1.[CH2]CCC. The molecule has 0 atom stereocenters. The lowest BCUT2D eigenvalue weighted by Gasteiger charge is -1.93. The molecule has 0 unspecified atom stereocenters. The molecule has 6 N–H and O–H groups in total. The van der Waals surface area contributed by atoms with Crippen molar-refractivity contribution >= 4 is 24.6 Å². The summed E-state index contributed by atoms with van der Waals surface area (Å²) in [5.74, 6) is 0.125. The van der Waals surface area contributed by atoms with Gasteiger partial charge in [0, 0.05) is 0 Å². The molecular weight excluding hydrogens is 196 g/mol. The Balaban J connectivity index is 0. The van der Waals surface area contributed by atoms with Crippen molar-refractivity contribution in [2.75, 3.05) is 17.2 Å². The van der Waals surface area contributed by atoms with Crippen LogP contribution in [0.25, 0.3) is 0 Å². The minimum atomic E-state index is 0.0417. The van der Waals surface area contributed by atoms with Gasteiger partial charge in [-0.1, -0.05) is 26.7 Å². The van der Waals surface area contributed by atoms with Crippen LogP contribution in [0.15, 0.2) is 0 Å². The number of rotatable bonds is 1. The van der Waals surface area contributed by atoms with Crippen LogP contribution in [0.2, 0.25) is 0 Å². The topological polar surface area (TPSA) is 134 Å². The zero-order valence-electron chi connectivity index (χ0n) is 8.81. The molecule has 0 saturated carbocycles. The van der Waals surface area contributed by atoms with E-state index in [0.717, 1.165) is 6.42 Å². The van der Waals surface area contributed by atoms with Gasteiger partial charge in [-0.3, -0.25) is 0 Å². The highest BCUT2D eigenvalue weighted by Gasteiger charge is 1.93. The molecule has 1 rings (SSSR count). The van der Waals surface area contributed by atoms with Gasteiger partial charge in [-0.05, 0) is 0 Å². The summed E-state index contributed by atoms with van der Waals surface area (Å²) >= 11 is 0. The Morgan fingerprint density at radius 3 is 1.33 bits per heavy atom. The quantitative estimate of drug-likeness (QED) is 0.600. The maximum Gasteiger partial charge on any atom is 0.226 e. The van der Waals surface area contributed by atoms with E-state index >= 15 is 0 Å². The van der Waals surface area contributed by atoms with E-state index in [4.69, 9.17) is 22.0 Å². The Morgan fingerprint density at radius 1 is 1.00 bits per heavy atom. The molecule has 0 aliphatic rings. The summed E-state index contributed by atoms with van der Waals surface area (Å²) in [5, 5.41) is 0. The minimum absolute atomic E-state index is 0.0417. The minimum Gasteiger partial charge on any atom is -0.368 e. The number of carbonyl (C=O) groups excluding carboxylic acids is 1. The summed E-state index contributed by atoms with van der Waals surface area (Å²) in [7, 11) is 0. The first-order valence-corrected chi connectivity index (χ1v) is 4.20. The molecular formula is C8H17N6O. The lowest BCUT2D eigenvalue weighted by Crippen LogP contribution is -2.05. The van der Waals surface area contributed by atoms with Crippen LogP contribution < -0.4 is 17.2 Å². The summed E-state index contributed by atoms with van der Waals surface area (Å²) in [4.78, 5) is 18.5. The third-order valence-electron chi connectivity index (χ3n) is 1.04. The van der Waals surface area contributed by atoms with Gasteiger partial charge < -0.3 is 22.0 Å². The van der Waals surface area contributed by atoms with Crippen LogP contribution >= 0.6 is 0 Å². The first-order valence-electron chi connectivity index (χ1n) is 4.20. The Kier molecular flexibility index (Phi) is 10.5. The number of hydrogen-bond acceptors (Lipinski definition) is 7. The van der Waals surface area contributed by atoms with E-state index in [1.165, 1.54) is 6.42 Å². The van der Waals surface area contributed by atoms with Gasteiger partial charge >= 0.3 is 0 Å². The molecule has 0 saturated heterocycles. The van der Waals surface area contributed by atoms with Crippen LogP contribution in [0.1, 0.15) is 19.8 Å². The maximum absolute atomic E-state index is 8.00. The third-order valence-corrected chi connectivity index (χ3v) is 1.04. The van der Waals surface area contributed by atoms with Crippen LogP contribution in [0.3, 0.4) is 0 Å². The lowest BCUT2D eigenvalue weighted by molar-refractivity contribution is -0.0979. The highest BCUT2D eigenvalue weighted by Crippen LogP contribution is 1.97. The maximum atomic E-state index is 8.00. The van der Waals surface area contributed by atoms with E-state index in [1.54, 1.807) is 0 Å². The summed E-state index contributed by atoms with van der Waals surface area (Å²) in [5.41, 5.74) is 15.4. The second-order valence-corrected chi connectivity index (χ2v) is 2.26. The molecule has 0 fully saturated rings. The number of nitrogens with zero attached hydrogens (tertiary/aromatic N) is 3. The second-order valence-electron chi connectivity index (χ2n) is 2.26. The molecule has 0 aliphatic carbocycles. The van der Waals surface area contributed by atoms with Crippen molar-refractivity contribution in [2.24, 2.45) is 0 Å². The van der Waals surface area contributed by atoms with Crippen LogP contribution in [-0.2, 0) is 4.79 Å². The van der Waals surface area contributed by atoms with Crippen molar-refractivity contribution in [3.63, 3.8) is 0 Å². The normalized spacial score (nSPS) is 7.87. The molecule has 0 aliphatic heterocycles. The molecule has 0 bridgehead atoms. The Hall–Kier alpha value is -1.92. The van der Waals surface area contributed by atoms with Gasteiger partial charge in [0.1, 0.15) is 6.79 Å². The third kappa shape index (κ3) is 10.00. The molecule has 0 amide bonds. The number of nitrogens with two attached hydrogens (primary N) is 3.